The molecule has 5 rings (SSSR count). The third-order valence-electron chi connectivity index (χ3n) is 6.44. The number of H-pyrrole nitrogens is 1. The Balaban J connectivity index is 1.48. The fraction of sp³-hybridized carbons (Fsp3) is 0.280. The van der Waals surface area contributed by atoms with E-state index >= 15 is 0 Å². The molecule has 1 aromatic carbocycles. The van der Waals surface area contributed by atoms with Crippen molar-refractivity contribution in [1.82, 2.24) is 25.5 Å². The summed E-state index contributed by atoms with van der Waals surface area (Å²) in [5, 5.41) is 12.8. The number of pyridine rings is 2. The van der Waals surface area contributed by atoms with Gasteiger partial charge < -0.3 is 15.0 Å². The number of halogens is 3. The minimum absolute atomic E-state index is 0.0234. The van der Waals surface area contributed by atoms with Gasteiger partial charge in [0.2, 0.25) is 5.69 Å². The topological polar surface area (TPSA) is 83.3 Å². The SMILES string of the molecule is [C-]#[N+]c1cc(-c2n[nH]c3cc(Cl)c(O[C@H](C)c4c(Cl)cncc4Cl)cc23)cnc1N1CC(C)(NC)C1. The molecule has 1 atom stereocenters. The molecule has 0 aliphatic carbocycles. The van der Waals surface area contributed by atoms with Gasteiger partial charge in [-0.3, -0.25) is 15.1 Å². The predicted octanol–water partition coefficient (Wildman–Crippen LogP) is 6.47. The number of aromatic amines is 1. The van der Waals surface area contributed by atoms with Crippen molar-refractivity contribution in [2.75, 3.05) is 25.0 Å². The smallest absolute Gasteiger partial charge is 0.229 e. The molecule has 4 aromatic rings. The Morgan fingerprint density at radius 2 is 1.86 bits per heavy atom. The monoisotopic (exact) mass is 541 g/mol. The van der Waals surface area contributed by atoms with E-state index in [9.17, 15) is 0 Å². The average molecular weight is 543 g/mol. The number of aromatic nitrogens is 4. The molecule has 0 unspecified atom stereocenters. The summed E-state index contributed by atoms with van der Waals surface area (Å²) in [7, 11) is 1.94. The van der Waals surface area contributed by atoms with E-state index in [4.69, 9.17) is 46.1 Å². The summed E-state index contributed by atoms with van der Waals surface area (Å²) in [4.78, 5) is 14.4. The van der Waals surface area contributed by atoms with Crippen LogP contribution in [0.3, 0.4) is 0 Å². The van der Waals surface area contributed by atoms with E-state index in [2.05, 4.69) is 42.2 Å². The van der Waals surface area contributed by atoms with Crippen molar-refractivity contribution in [3.8, 4) is 17.0 Å². The molecule has 184 valence electrons. The van der Waals surface area contributed by atoms with Crippen LogP contribution in [0.4, 0.5) is 11.5 Å². The van der Waals surface area contributed by atoms with Crippen molar-refractivity contribution in [3.05, 3.63) is 68.8 Å². The van der Waals surface area contributed by atoms with Gasteiger partial charge >= 0.3 is 0 Å². The van der Waals surface area contributed by atoms with Gasteiger partial charge in [0.15, 0.2) is 0 Å². The Bertz CT molecular complexity index is 1490. The summed E-state index contributed by atoms with van der Waals surface area (Å²) >= 11 is 19.1. The number of fused-ring (bicyclic) bond motifs is 1. The van der Waals surface area contributed by atoms with Gasteiger partial charge in [0, 0.05) is 48.2 Å². The molecule has 0 spiro atoms. The Kier molecular flexibility index (Phi) is 6.43. The zero-order valence-corrected chi connectivity index (χ0v) is 22.0. The molecule has 1 fully saturated rings. The molecule has 2 N–H and O–H groups in total. The van der Waals surface area contributed by atoms with Crippen LogP contribution in [-0.2, 0) is 0 Å². The van der Waals surface area contributed by atoms with Gasteiger partial charge in [-0.1, -0.05) is 34.8 Å². The van der Waals surface area contributed by atoms with E-state index in [-0.39, 0.29) is 5.54 Å². The molecular formula is C25H22Cl3N7O. The highest BCUT2D eigenvalue weighted by Gasteiger charge is 2.38. The molecule has 1 saturated heterocycles. The second-order valence-electron chi connectivity index (χ2n) is 9.02. The van der Waals surface area contributed by atoms with E-state index in [0.717, 1.165) is 29.6 Å². The molecule has 4 heterocycles. The second kappa shape index (κ2) is 9.41. The molecular weight excluding hydrogens is 521 g/mol. The standard InChI is InChI=1S/C25H22Cl3N7O/c1-13(22-17(27)9-31-10-18(22)28)36-21-6-15-19(7-16(21)26)33-34-23(15)14-5-20(29-3)24(32-8-14)35-11-25(2,12-35)30-4/h5-10,13,30H,11-12H2,1-2,4H3,(H,33,34)/t13-/m1/s1. The number of likely N-dealkylation sites (N-methyl/N-ethyl adjacent to an activating group) is 1. The van der Waals surface area contributed by atoms with Gasteiger partial charge in [0.05, 0.1) is 32.7 Å². The van der Waals surface area contributed by atoms with E-state index in [1.807, 2.05) is 26.1 Å². The number of anilines is 1. The van der Waals surface area contributed by atoms with Crippen molar-refractivity contribution >= 4 is 57.2 Å². The molecule has 1 aliphatic rings. The van der Waals surface area contributed by atoms with Crippen molar-refractivity contribution in [2.24, 2.45) is 0 Å². The fourth-order valence-corrected chi connectivity index (χ4v) is 5.27. The van der Waals surface area contributed by atoms with Crippen LogP contribution in [-0.4, -0.2) is 45.8 Å². The number of ether oxygens (including phenoxy) is 1. The molecule has 0 bridgehead atoms. The molecule has 0 saturated carbocycles. The largest absolute Gasteiger partial charge is 0.484 e. The molecule has 11 heteroatoms. The number of benzene rings is 1. The van der Waals surface area contributed by atoms with Gasteiger partial charge in [0.25, 0.3) is 0 Å². The quantitative estimate of drug-likeness (QED) is 0.272. The summed E-state index contributed by atoms with van der Waals surface area (Å²) < 4.78 is 6.16. The molecule has 1 aliphatic heterocycles. The molecule has 36 heavy (non-hydrogen) atoms. The van der Waals surface area contributed by atoms with Crippen LogP contribution >= 0.6 is 34.8 Å². The minimum Gasteiger partial charge on any atom is -0.484 e. The highest BCUT2D eigenvalue weighted by Crippen LogP contribution is 2.40. The van der Waals surface area contributed by atoms with E-state index in [1.165, 1.54) is 12.4 Å². The fourth-order valence-electron chi connectivity index (χ4n) is 4.39. The second-order valence-corrected chi connectivity index (χ2v) is 10.2. The van der Waals surface area contributed by atoms with Crippen LogP contribution in [0.5, 0.6) is 5.75 Å². The van der Waals surface area contributed by atoms with Crippen molar-refractivity contribution in [3.63, 3.8) is 0 Å². The lowest BCUT2D eigenvalue weighted by Gasteiger charge is -2.49. The lowest BCUT2D eigenvalue weighted by atomic mass is 9.92. The van der Waals surface area contributed by atoms with Crippen molar-refractivity contribution in [2.45, 2.75) is 25.5 Å². The number of nitrogens with zero attached hydrogens (tertiary/aromatic N) is 5. The summed E-state index contributed by atoms with van der Waals surface area (Å²) in [6.07, 6.45) is 4.30. The van der Waals surface area contributed by atoms with E-state index in [1.54, 1.807) is 12.3 Å². The van der Waals surface area contributed by atoms with Gasteiger partial charge in [-0.25, -0.2) is 4.85 Å². The summed E-state index contributed by atoms with van der Waals surface area (Å²) in [6, 6.07) is 5.38. The van der Waals surface area contributed by atoms with Crippen LogP contribution in [0.1, 0.15) is 25.5 Å². The third-order valence-corrected chi connectivity index (χ3v) is 7.34. The summed E-state index contributed by atoms with van der Waals surface area (Å²) in [5.74, 6) is 1.12. The first-order valence-corrected chi connectivity index (χ1v) is 12.3. The van der Waals surface area contributed by atoms with Crippen molar-refractivity contribution < 1.29 is 4.74 Å². The van der Waals surface area contributed by atoms with Crippen molar-refractivity contribution in [1.29, 1.82) is 0 Å². The Morgan fingerprint density at radius 1 is 1.14 bits per heavy atom. The molecule has 0 amide bonds. The zero-order valence-electron chi connectivity index (χ0n) is 19.7. The first-order valence-electron chi connectivity index (χ1n) is 11.2. The Hall–Kier alpha value is -3.09. The maximum absolute atomic E-state index is 7.71. The zero-order chi connectivity index (χ0) is 25.6. The molecule has 0 radical (unpaired) electrons. The van der Waals surface area contributed by atoms with E-state index < -0.39 is 6.10 Å². The first kappa shape index (κ1) is 24.6. The maximum Gasteiger partial charge on any atom is 0.229 e. The number of nitrogens with one attached hydrogen (secondary N) is 2. The van der Waals surface area contributed by atoms with E-state index in [0.29, 0.717) is 43.6 Å². The average Bonchev–Trinajstić information content (AvgIpc) is 3.24. The third kappa shape index (κ3) is 4.33. The van der Waals surface area contributed by atoms with Gasteiger partial charge in [-0.2, -0.15) is 5.10 Å². The Morgan fingerprint density at radius 3 is 2.53 bits per heavy atom. The van der Waals surface area contributed by atoms with Crippen LogP contribution in [0.2, 0.25) is 15.1 Å². The van der Waals surface area contributed by atoms with Crippen LogP contribution in [0.25, 0.3) is 27.0 Å². The lowest BCUT2D eigenvalue weighted by Crippen LogP contribution is -2.67. The molecule has 3 aromatic heterocycles. The van der Waals surface area contributed by atoms with Crippen LogP contribution < -0.4 is 15.0 Å². The van der Waals surface area contributed by atoms with Gasteiger partial charge in [-0.05, 0) is 39.1 Å². The Labute approximate surface area is 223 Å². The first-order chi connectivity index (χ1) is 17.2. The molecule has 8 nitrogen and oxygen atoms in total. The predicted molar refractivity (Wildman–Crippen MR) is 144 cm³/mol. The number of hydrogen-bond donors (Lipinski definition) is 2. The number of hydrogen-bond acceptors (Lipinski definition) is 6. The van der Waals surface area contributed by atoms with Gasteiger partial charge in [0.1, 0.15) is 23.4 Å². The number of rotatable bonds is 6. The van der Waals surface area contributed by atoms with Gasteiger partial charge in [-0.15, -0.1) is 0 Å². The lowest BCUT2D eigenvalue weighted by molar-refractivity contribution is 0.227. The minimum atomic E-state index is -0.479. The highest BCUT2D eigenvalue weighted by atomic mass is 35.5. The normalized spacial score (nSPS) is 15.4. The summed E-state index contributed by atoms with van der Waals surface area (Å²) in [6.45, 7) is 13.3. The maximum atomic E-state index is 7.71. The summed E-state index contributed by atoms with van der Waals surface area (Å²) in [5.41, 5.74) is 3.22. The van der Waals surface area contributed by atoms with Crippen LogP contribution in [0, 0.1) is 6.57 Å². The highest BCUT2D eigenvalue weighted by molar-refractivity contribution is 6.36. The van der Waals surface area contributed by atoms with Crippen LogP contribution in [0.15, 0.2) is 36.8 Å².